The molecule has 1 aromatic carbocycles. The lowest BCUT2D eigenvalue weighted by molar-refractivity contribution is 0.187. The van der Waals surface area contributed by atoms with Gasteiger partial charge >= 0.3 is 0 Å². The van der Waals surface area contributed by atoms with E-state index in [1.807, 2.05) is 0 Å². The number of hydrogen-bond acceptors (Lipinski definition) is 2. The van der Waals surface area contributed by atoms with E-state index in [0.717, 1.165) is 0 Å². The Hall–Kier alpha value is -0.130. The zero-order valence-corrected chi connectivity index (χ0v) is 10.7. The van der Waals surface area contributed by atoms with Gasteiger partial charge < -0.3 is 10.4 Å². The average Bonchev–Trinajstić information content (AvgIpc) is 2.15. The highest BCUT2D eigenvalue weighted by Gasteiger charge is 2.05. The summed E-state index contributed by atoms with van der Waals surface area (Å²) in [5.41, 5.74) is 1.26. The van der Waals surface area contributed by atoms with Crippen LogP contribution in [-0.2, 0) is 0 Å². The highest BCUT2D eigenvalue weighted by atomic mass is 127. The Bertz CT molecular complexity index is 271. The van der Waals surface area contributed by atoms with Crippen LogP contribution in [-0.4, -0.2) is 17.8 Å². The Morgan fingerprint density at radius 2 is 1.86 bits per heavy atom. The van der Waals surface area contributed by atoms with Crippen LogP contribution in [0, 0.1) is 3.57 Å². The minimum atomic E-state index is -0.290. The Labute approximate surface area is 98.9 Å². The third-order valence-electron chi connectivity index (χ3n) is 2.09. The molecule has 0 aromatic heterocycles. The largest absolute Gasteiger partial charge is 0.392 e. The van der Waals surface area contributed by atoms with Crippen molar-refractivity contribution in [3.05, 3.63) is 33.4 Å². The number of aliphatic hydroxyl groups excluding tert-OH is 1. The molecular formula is C11H16INO. The molecule has 0 unspecified atom stereocenters. The van der Waals surface area contributed by atoms with Crippen LogP contribution < -0.4 is 5.32 Å². The molecule has 3 heteroatoms. The fourth-order valence-electron chi connectivity index (χ4n) is 1.22. The van der Waals surface area contributed by atoms with Gasteiger partial charge in [-0.3, -0.25) is 0 Å². The van der Waals surface area contributed by atoms with Gasteiger partial charge in [-0.2, -0.15) is 0 Å². The molecule has 1 rings (SSSR count). The summed E-state index contributed by atoms with van der Waals surface area (Å²) >= 11 is 2.29. The standard InChI is InChI=1S/C11H16INO/c1-8(14)7-13-9(2)10-3-5-11(12)6-4-10/h3-6,8-9,13-14H,7H2,1-2H3/t8-,9-/m1/s1. The van der Waals surface area contributed by atoms with E-state index < -0.39 is 0 Å². The number of halogens is 1. The van der Waals surface area contributed by atoms with Gasteiger partial charge in [-0.25, -0.2) is 0 Å². The molecule has 0 amide bonds. The van der Waals surface area contributed by atoms with Gasteiger partial charge in [-0.15, -0.1) is 0 Å². The first-order valence-corrected chi connectivity index (χ1v) is 5.84. The summed E-state index contributed by atoms with van der Waals surface area (Å²) in [6.45, 7) is 4.52. The lowest BCUT2D eigenvalue weighted by atomic mass is 10.1. The van der Waals surface area contributed by atoms with Crippen LogP contribution in [0.15, 0.2) is 24.3 Å². The minimum Gasteiger partial charge on any atom is -0.392 e. The van der Waals surface area contributed by atoms with Gasteiger partial charge in [-0.1, -0.05) is 12.1 Å². The van der Waals surface area contributed by atoms with Crippen molar-refractivity contribution in [2.24, 2.45) is 0 Å². The molecule has 1 aromatic rings. The van der Waals surface area contributed by atoms with Crippen molar-refractivity contribution in [3.8, 4) is 0 Å². The van der Waals surface area contributed by atoms with Crippen LogP contribution in [0.1, 0.15) is 25.5 Å². The van der Waals surface area contributed by atoms with E-state index in [-0.39, 0.29) is 6.10 Å². The van der Waals surface area contributed by atoms with E-state index in [4.69, 9.17) is 5.11 Å². The summed E-state index contributed by atoms with van der Waals surface area (Å²) in [6.07, 6.45) is -0.290. The second-order valence-corrected chi connectivity index (χ2v) is 4.78. The van der Waals surface area contributed by atoms with E-state index in [1.165, 1.54) is 9.13 Å². The molecule has 14 heavy (non-hydrogen) atoms. The first-order valence-electron chi connectivity index (χ1n) is 4.76. The summed E-state index contributed by atoms with van der Waals surface area (Å²) < 4.78 is 1.24. The number of aliphatic hydroxyl groups is 1. The first kappa shape index (κ1) is 11.9. The highest BCUT2D eigenvalue weighted by molar-refractivity contribution is 14.1. The van der Waals surface area contributed by atoms with Gasteiger partial charge in [0.15, 0.2) is 0 Å². The van der Waals surface area contributed by atoms with E-state index in [9.17, 15) is 0 Å². The minimum absolute atomic E-state index is 0.290. The molecule has 2 N–H and O–H groups in total. The summed E-state index contributed by atoms with van der Waals surface area (Å²) in [4.78, 5) is 0. The zero-order chi connectivity index (χ0) is 10.6. The second-order valence-electron chi connectivity index (χ2n) is 3.53. The fraction of sp³-hybridized carbons (Fsp3) is 0.455. The maximum Gasteiger partial charge on any atom is 0.0636 e. The molecule has 78 valence electrons. The molecule has 0 bridgehead atoms. The van der Waals surface area contributed by atoms with E-state index >= 15 is 0 Å². The molecular weight excluding hydrogens is 289 g/mol. The van der Waals surface area contributed by atoms with E-state index in [2.05, 4.69) is 59.1 Å². The fourth-order valence-corrected chi connectivity index (χ4v) is 1.58. The molecule has 0 aliphatic carbocycles. The topological polar surface area (TPSA) is 32.3 Å². The lowest BCUT2D eigenvalue weighted by Crippen LogP contribution is -2.27. The highest BCUT2D eigenvalue weighted by Crippen LogP contribution is 2.14. The van der Waals surface area contributed by atoms with Gasteiger partial charge in [0.2, 0.25) is 0 Å². The first-order chi connectivity index (χ1) is 6.59. The maximum absolute atomic E-state index is 9.13. The number of benzene rings is 1. The van der Waals surface area contributed by atoms with Gasteiger partial charge in [0.1, 0.15) is 0 Å². The summed E-state index contributed by atoms with van der Waals surface area (Å²) in [5.74, 6) is 0. The van der Waals surface area contributed by atoms with Gasteiger partial charge in [-0.05, 0) is 54.1 Å². The summed E-state index contributed by atoms with van der Waals surface area (Å²) in [7, 11) is 0. The van der Waals surface area contributed by atoms with Crippen LogP contribution >= 0.6 is 22.6 Å². The normalized spacial score (nSPS) is 15.1. The molecule has 0 radical (unpaired) electrons. The summed E-state index contributed by atoms with van der Waals surface area (Å²) in [6, 6.07) is 8.71. The lowest BCUT2D eigenvalue weighted by Gasteiger charge is -2.15. The Balaban J connectivity index is 2.52. The van der Waals surface area contributed by atoms with Crippen LogP contribution in [0.4, 0.5) is 0 Å². The quantitative estimate of drug-likeness (QED) is 0.837. The molecule has 0 saturated heterocycles. The number of nitrogens with one attached hydrogen (secondary N) is 1. The smallest absolute Gasteiger partial charge is 0.0636 e. The molecule has 2 atom stereocenters. The van der Waals surface area contributed by atoms with Crippen molar-refractivity contribution in [2.45, 2.75) is 26.0 Å². The monoisotopic (exact) mass is 305 g/mol. The molecule has 0 heterocycles. The molecule has 0 fully saturated rings. The number of rotatable bonds is 4. The molecule has 0 spiro atoms. The Morgan fingerprint density at radius 3 is 2.36 bits per heavy atom. The van der Waals surface area contributed by atoms with Crippen LogP contribution in [0.25, 0.3) is 0 Å². The van der Waals surface area contributed by atoms with Gasteiger partial charge in [0.05, 0.1) is 6.10 Å². The van der Waals surface area contributed by atoms with Crippen molar-refractivity contribution < 1.29 is 5.11 Å². The number of hydrogen-bond donors (Lipinski definition) is 2. The Morgan fingerprint density at radius 1 is 1.29 bits per heavy atom. The molecule has 2 nitrogen and oxygen atoms in total. The molecule has 0 aliphatic rings. The predicted molar refractivity (Wildman–Crippen MR) is 67.3 cm³/mol. The van der Waals surface area contributed by atoms with Crippen molar-refractivity contribution in [1.82, 2.24) is 5.32 Å². The Kier molecular flexibility index (Phi) is 4.84. The molecule has 0 aliphatic heterocycles. The molecule has 0 saturated carbocycles. The van der Waals surface area contributed by atoms with E-state index in [1.54, 1.807) is 6.92 Å². The van der Waals surface area contributed by atoms with Gasteiger partial charge in [0.25, 0.3) is 0 Å². The van der Waals surface area contributed by atoms with Crippen molar-refractivity contribution in [1.29, 1.82) is 0 Å². The average molecular weight is 305 g/mol. The van der Waals surface area contributed by atoms with Crippen LogP contribution in [0.5, 0.6) is 0 Å². The third-order valence-corrected chi connectivity index (χ3v) is 2.81. The van der Waals surface area contributed by atoms with Crippen LogP contribution in [0.2, 0.25) is 0 Å². The predicted octanol–water partition coefficient (Wildman–Crippen LogP) is 2.32. The third kappa shape index (κ3) is 3.94. The van der Waals surface area contributed by atoms with Crippen molar-refractivity contribution >= 4 is 22.6 Å². The zero-order valence-electron chi connectivity index (χ0n) is 8.50. The van der Waals surface area contributed by atoms with E-state index in [0.29, 0.717) is 12.6 Å². The summed E-state index contributed by atoms with van der Waals surface area (Å²) in [5, 5.41) is 12.4. The second kappa shape index (κ2) is 5.68. The van der Waals surface area contributed by atoms with Crippen molar-refractivity contribution in [3.63, 3.8) is 0 Å². The SMILES string of the molecule is C[C@@H](O)CN[C@H](C)c1ccc(I)cc1. The maximum atomic E-state index is 9.13. The van der Waals surface area contributed by atoms with Crippen LogP contribution in [0.3, 0.4) is 0 Å². The van der Waals surface area contributed by atoms with Gasteiger partial charge in [0, 0.05) is 16.2 Å². The van der Waals surface area contributed by atoms with Crippen molar-refractivity contribution in [2.75, 3.05) is 6.54 Å².